The normalized spacial score (nSPS) is 11.9. The number of carbonyl (C=O) groups excluding carboxylic acids is 1. The minimum Gasteiger partial charge on any atom is -0.484 e. The smallest absolute Gasteiger partial charge is 0.280 e. The maximum atomic E-state index is 11.9. The van der Waals surface area contributed by atoms with E-state index in [-0.39, 0.29) is 12.3 Å². The van der Waals surface area contributed by atoms with Gasteiger partial charge in [0.15, 0.2) is 6.61 Å². The van der Waals surface area contributed by atoms with Crippen molar-refractivity contribution in [2.75, 3.05) is 6.61 Å². The van der Waals surface area contributed by atoms with E-state index < -0.39 is 10.8 Å². The fourth-order valence-electron chi connectivity index (χ4n) is 2.89. The first kappa shape index (κ1) is 21.8. The van der Waals surface area contributed by atoms with Crippen LogP contribution in [0.3, 0.4) is 0 Å². The Morgan fingerprint density at radius 3 is 2.65 bits per heavy atom. The van der Waals surface area contributed by atoms with Crippen LogP contribution < -0.4 is 10.2 Å². The van der Waals surface area contributed by atoms with Crippen molar-refractivity contribution in [2.45, 2.75) is 26.2 Å². The highest BCUT2D eigenvalue weighted by atomic mass is 16.6. The first-order chi connectivity index (χ1) is 15.0. The maximum Gasteiger partial charge on any atom is 0.280 e. The molecule has 0 radical (unpaired) electrons. The van der Waals surface area contributed by atoms with E-state index in [1.807, 2.05) is 24.3 Å². The second-order valence-corrected chi connectivity index (χ2v) is 6.94. The van der Waals surface area contributed by atoms with Crippen LogP contribution in [-0.4, -0.2) is 23.7 Å². The molecule has 1 amide bonds. The first-order valence-corrected chi connectivity index (χ1v) is 9.86. The predicted molar refractivity (Wildman–Crippen MR) is 117 cm³/mol. The minimum atomic E-state index is -0.468. The molecule has 31 heavy (non-hydrogen) atoms. The quantitative estimate of drug-likeness (QED) is 0.300. The Labute approximate surface area is 179 Å². The van der Waals surface area contributed by atoms with Gasteiger partial charge in [0.2, 0.25) is 0 Å². The number of nitrogens with one attached hydrogen (secondary N) is 1. The van der Waals surface area contributed by atoms with Gasteiger partial charge in [0.1, 0.15) is 17.3 Å². The lowest BCUT2D eigenvalue weighted by Gasteiger charge is -2.10. The van der Waals surface area contributed by atoms with Gasteiger partial charge in [-0.15, -0.1) is 0 Å². The van der Waals surface area contributed by atoms with E-state index in [2.05, 4.69) is 24.4 Å². The summed E-state index contributed by atoms with van der Waals surface area (Å²) in [5, 5.41) is 15.0. The standard InChI is InChI=1S/C23H23N3O5/c1-3-16(2)17-8-10-18(11-9-17)30-15-23(27)25-24-14-19-12-13-22(31-19)20-6-4-5-7-21(20)26(28)29/h4-14,16H,3,15H2,1-2H3,(H,25,27)/b24-14+/t16-/m0/s1. The second-order valence-electron chi connectivity index (χ2n) is 6.94. The van der Waals surface area contributed by atoms with Crippen LogP contribution in [0.25, 0.3) is 11.3 Å². The van der Waals surface area contributed by atoms with Gasteiger partial charge in [0.05, 0.1) is 16.7 Å². The Bertz CT molecular complexity index is 1070. The molecule has 0 unspecified atom stereocenters. The van der Waals surface area contributed by atoms with Crippen molar-refractivity contribution in [2.24, 2.45) is 5.10 Å². The van der Waals surface area contributed by atoms with Gasteiger partial charge >= 0.3 is 0 Å². The van der Waals surface area contributed by atoms with Crippen LogP contribution in [0.4, 0.5) is 5.69 Å². The van der Waals surface area contributed by atoms with Gasteiger partial charge in [-0.05, 0) is 48.2 Å². The van der Waals surface area contributed by atoms with Gasteiger partial charge in [-0.3, -0.25) is 14.9 Å². The summed E-state index contributed by atoms with van der Waals surface area (Å²) in [5.74, 6) is 1.33. The summed E-state index contributed by atoms with van der Waals surface area (Å²) >= 11 is 0. The molecule has 8 heteroatoms. The number of nitrogens with zero attached hydrogens (tertiary/aromatic N) is 2. The number of hydrazone groups is 1. The van der Waals surface area contributed by atoms with Crippen LogP contribution in [0.15, 0.2) is 70.2 Å². The fraction of sp³-hybridized carbons (Fsp3) is 0.217. The molecule has 1 heterocycles. The van der Waals surface area contributed by atoms with E-state index >= 15 is 0 Å². The summed E-state index contributed by atoms with van der Waals surface area (Å²) in [6.07, 6.45) is 2.37. The average Bonchev–Trinajstić information content (AvgIpc) is 3.26. The summed E-state index contributed by atoms with van der Waals surface area (Å²) in [4.78, 5) is 22.6. The SMILES string of the molecule is CC[C@H](C)c1ccc(OCC(=O)N/N=C/c2ccc(-c3ccccc3[N+](=O)[O-])o2)cc1. The van der Waals surface area contributed by atoms with E-state index in [9.17, 15) is 14.9 Å². The molecule has 8 nitrogen and oxygen atoms in total. The van der Waals surface area contributed by atoms with Crippen molar-refractivity contribution in [3.63, 3.8) is 0 Å². The Hall–Kier alpha value is -3.94. The number of rotatable bonds is 9. The number of para-hydroxylation sites is 1. The summed E-state index contributed by atoms with van der Waals surface area (Å²) in [7, 11) is 0. The Morgan fingerprint density at radius 2 is 1.94 bits per heavy atom. The third kappa shape index (κ3) is 5.79. The third-order valence-corrected chi connectivity index (χ3v) is 4.81. The van der Waals surface area contributed by atoms with Gasteiger partial charge in [-0.25, -0.2) is 5.43 Å². The highest BCUT2D eigenvalue weighted by molar-refractivity contribution is 5.82. The van der Waals surface area contributed by atoms with Gasteiger partial charge in [-0.1, -0.05) is 38.1 Å². The molecule has 1 aromatic heterocycles. The average molecular weight is 421 g/mol. The molecule has 0 bridgehead atoms. The zero-order valence-electron chi connectivity index (χ0n) is 17.3. The summed E-state index contributed by atoms with van der Waals surface area (Å²) in [6.45, 7) is 4.11. The molecule has 1 N–H and O–H groups in total. The van der Waals surface area contributed by atoms with E-state index in [1.165, 1.54) is 17.8 Å². The number of carbonyl (C=O) groups is 1. The number of amides is 1. The molecule has 2 aromatic carbocycles. The number of hydrogen-bond donors (Lipinski definition) is 1. The molecule has 0 saturated heterocycles. The van der Waals surface area contributed by atoms with Crippen LogP contribution in [0.5, 0.6) is 5.75 Å². The Kier molecular flexibility index (Phi) is 7.16. The highest BCUT2D eigenvalue weighted by Gasteiger charge is 2.16. The first-order valence-electron chi connectivity index (χ1n) is 9.86. The lowest BCUT2D eigenvalue weighted by atomic mass is 9.99. The molecule has 160 valence electrons. The van der Waals surface area contributed by atoms with Crippen molar-refractivity contribution in [3.05, 3.63) is 82.1 Å². The zero-order valence-corrected chi connectivity index (χ0v) is 17.3. The lowest BCUT2D eigenvalue weighted by molar-refractivity contribution is -0.384. The van der Waals surface area contributed by atoms with Gasteiger partial charge in [0.25, 0.3) is 11.6 Å². The Balaban J connectivity index is 1.52. The molecule has 0 aliphatic rings. The van der Waals surface area contributed by atoms with E-state index in [0.29, 0.717) is 28.8 Å². The monoisotopic (exact) mass is 421 g/mol. The molecule has 0 saturated carbocycles. The van der Waals surface area contributed by atoms with E-state index in [0.717, 1.165) is 6.42 Å². The van der Waals surface area contributed by atoms with Gasteiger partial charge in [-0.2, -0.15) is 5.10 Å². The van der Waals surface area contributed by atoms with Crippen LogP contribution in [0.1, 0.15) is 37.5 Å². The van der Waals surface area contributed by atoms with Crippen LogP contribution in [0, 0.1) is 10.1 Å². The molecule has 0 aliphatic carbocycles. The molecular weight excluding hydrogens is 398 g/mol. The van der Waals surface area contributed by atoms with E-state index in [4.69, 9.17) is 9.15 Å². The summed E-state index contributed by atoms with van der Waals surface area (Å²) < 4.78 is 11.0. The zero-order chi connectivity index (χ0) is 22.2. The largest absolute Gasteiger partial charge is 0.484 e. The van der Waals surface area contributed by atoms with Crippen molar-refractivity contribution in [3.8, 4) is 17.1 Å². The fourth-order valence-corrected chi connectivity index (χ4v) is 2.89. The highest BCUT2D eigenvalue weighted by Crippen LogP contribution is 2.30. The van der Waals surface area contributed by atoms with Crippen LogP contribution in [0.2, 0.25) is 0 Å². The molecule has 1 atom stereocenters. The Morgan fingerprint density at radius 1 is 1.19 bits per heavy atom. The molecule has 0 aliphatic heterocycles. The molecular formula is C23H23N3O5. The number of furan rings is 1. The predicted octanol–water partition coefficient (Wildman–Crippen LogP) is 4.90. The number of benzene rings is 2. The summed E-state index contributed by atoms with van der Waals surface area (Å²) in [6, 6.07) is 17.2. The minimum absolute atomic E-state index is 0.0528. The topological polar surface area (TPSA) is 107 Å². The van der Waals surface area contributed by atoms with Gasteiger partial charge in [0, 0.05) is 6.07 Å². The summed E-state index contributed by atoms with van der Waals surface area (Å²) in [5.41, 5.74) is 3.89. The van der Waals surface area contributed by atoms with Crippen LogP contribution in [-0.2, 0) is 4.79 Å². The third-order valence-electron chi connectivity index (χ3n) is 4.81. The van der Waals surface area contributed by atoms with Crippen molar-refractivity contribution in [1.82, 2.24) is 5.43 Å². The second kappa shape index (κ2) is 10.2. The maximum absolute atomic E-state index is 11.9. The number of nitro groups is 1. The van der Waals surface area contributed by atoms with Crippen LogP contribution >= 0.6 is 0 Å². The molecule has 0 fully saturated rings. The molecule has 3 aromatic rings. The molecule has 3 rings (SSSR count). The van der Waals surface area contributed by atoms with Crippen molar-refractivity contribution >= 4 is 17.8 Å². The molecule has 0 spiro atoms. The van der Waals surface area contributed by atoms with Crippen molar-refractivity contribution in [1.29, 1.82) is 0 Å². The number of ether oxygens (including phenoxy) is 1. The lowest BCUT2D eigenvalue weighted by Crippen LogP contribution is -2.24. The van der Waals surface area contributed by atoms with Crippen molar-refractivity contribution < 1.29 is 18.9 Å². The van der Waals surface area contributed by atoms with E-state index in [1.54, 1.807) is 30.3 Å². The number of nitro benzene ring substituents is 1. The van der Waals surface area contributed by atoms with Gasteiger partial charge < -0.3 is 9.15 Å². The number of hydrogen-bond acceptors (Lipinski definition) is 6.